The predicted molar refractivity (Wildman–Crippen MR) is 78.4 cm³/mol. The van der Waals surface area contributed by atoms with Gasteiger partial charge in [0.1, 0.15) is 17.4 Å². The molecule has 1 aromatic carbocycles. The predicted octanol–water partition coefficient (Wildman–Crippen LogP) is 3.73. The summed E-state index contributed by atoms with van der Waals surface area (Å²) in [5, 5.41) is 9.35. The van der Waals surface area contributed by atoms with Crippen LogP contribution in [0.15, 0.2) is 41.0 Å². The first-order valence-electron chi connectivity index (χ1n) is 6.94. The van der Waals surface area contributed by atoms with Crippen LogP contribution in [0.2, 0.25) is 0 Å². The maximum absolute atomic E-state index is 12.5. The lowest BCUT2D eigenvalue weighted by Crippen LogP contribution is -2.12. The molecule has 0 amide bonds. The quantitative estimate of drug-likeness (QED) is 0.758. The van der Waals surface area contributed by atoms with Gasteiger partial charge in [-0.3, -0.25) is 4.79 Å². The van der Waals surface area contributed by atoms with Crippen molar-refractivity contribution in [1.29, 1.82) is 5.26 Å². The molecule has 0 aliphatic rings. The molecular weight excluding hydrogens is 266 g/mol. The van der Waals surface area contributed by atoms with Gasteiger partial charge in [-0.1, -0.05) is 19.1 Å². The summed E-state index contributed by atoms with van der Waals surface area (Å²) in [6, 6.07) is 10.7. The van der Waals surface area contributed by atoms with Gasteiger partial charge in [-0.2, -0.15) is 5.26 Å². The van der Waals surface area contributed by atoms with E-state index < -0.39 is 5.92 Å². The fourth-order valence-electron chi connectivity index (χ4n) is 2.20. The molecule has 1 aromatic heterocycles. The average Bonchev–Trinajstić information content (AvgIpc) is 2.98. The minimum Gasteiger partial charge on any atom is -0.494 e. The number of benzene rings is 1. The Bertz CT molecular complexity index is 649. The van der Waals surface area contributed by atoms with Crippen molar-refractivity contribution in [2.45, 2.75) is 26.2 Å². The second-order valence-electron chi connectivity index (χ2n) is 4.54. The molecule has 0 fully saturated rings. The van der Waals surface area contributed by atoms with Crippen molar-refractivity contribution in [1.82, 2.24) is 0 Å². The van der Waals surface area contributed by atoms with Crippen molar-refractivity contribution in [3.63, 3.8) is 0 Å². The fourth-order valence-corrected chi connectivity index (χ4v) is 2.20. The number of nitrogens with zero attached hydrogens (tertiary/aromatic N) is 1. The Kier molecular flexibility index (Phi) is 4.78. The van der Waals surface area contributed by atoms with Crippen LogP contribution >= 0.6 is 0 Å². The van der Waals surface area contributed by atoms with Gasteiger partial charge in [0.25, 0.3) is 0 Å². The lowest BCUT2D eigenvalue weighted by atomic mass is 9.91. The molecule has 2 aromatic rings. The molecule has 0 N–H and O–H groups in total. The van der Waals surface area contributed by atoms with Gasteiger partial charge in [0, 0.05) is 6.42 Å². The molecule has 4 heteroatoms. The highest BCUT2D eigenvalue weighted by Gasteiger charge is 2.25. The summed E-state index contributed by atoms with van der Waals surface area (Å²) in [4.78, 5) is 12.5. The molecule has 0 saturated carbocycles. The number of carbonyl (C=O) groups excluding carboxylic acids is 1. The van der Waals surface area contributed by atoms with Gasteiger partial charge in [0.05, 0.1) is 24.5 Å². The Hall–Kier alpha value is -2.54. The van der Waals surface area contributed by atoms with E-state index in [9.17, 15) is 10.1 Å². The number of ketones is 1. The van der Waals surface area contributed by atoms with Crippen LogP contribution in [-0.2, 0) is 6.42 Å². The van der Waals surface area contributed by atoms with Crippen molar-refractivity contribution in [3.8, 4) is 11.8 Å². The molecule has 1 atom stereocenters. The Morgan fingerprint density at radius 1 is 1.29 bits per heavy atom. The van der Waals surface area contributed by atoms with E-state index in [1.807, 2.05) is 13.8 Å². The van der Waals surface area contributed by atoms with E-state index >= 15 is 0 Å². The molecule has 0 spiro atoms. The summed E-state index contributed by atoms with van der Waals surface area (Å²) in [6.07, 6.45) is 2.11. The molecule has 4 nitrogen and oxygen atoms in total. The average molecular weight is 283 g/mol. The minimum atomic E-state index is -0.830. The highest BCUT2D eigenvalue weighted by molar-refractivity contribution is 6.03. The van der Waals surface area contributed by atoms with Crippen LogP contribution in [0.1, 0.15) is 41.4 Å². The van der Waals surface area contributed by atoms with Gasteiger partial charge in [-0.05, 0) is 30.7 Å². The van der Waals surface area contributed by atoms with Gasteiger partial charge in [-0.15, -0.1) is 0 Å². The number of hydrogen-bond acceptors (Lipinski definition) is 4. The van der Waals surface area contributed by atoms with E-state index in [1.165, 1.54) is 6.26 Å². The van der Waals surface area contributed by atoms with E-state index in [1.54, 1.807) is 30.3 Å². The standard InChI is InChI=1S/C17H17NO3/c1-3-16-14(9-10-21-16)17(19)15(11-18)12-5-7-13(8-6-12)20-4-2/h5-10,15H,3-4H2,1-2H3. The molecule has 1 heterocycles. The largest absolute Gasteiger partial charge is 0.494 e. The van der Waals surface area contributed by atoms with Crippen molar-refractivity contribution in [3.05, 3.63) is 53.5 Å². The Balaban J connectivity index is 2.27. The molecular formula is C17H17NO3. The zero-order chi connectivity index (χ0) is 15.2. The summed E-state index contributed by atoms with van der Waals surface area (Å²) in [5.74, 6) is 0.282. The monoisotopic (exact) mass is 283 g/mol. The number of rotatable bonds is 6. The molecule has 1 unspecified atom stereocenters. The number of hydrogen-bond donors (Lipinski definition) is 0. The van der Waals surface area contributed by atoms with Crippen molar-refractivity contribution in [2.24, 2.45) is 0 Å². The van der Waals surface area contributed by atoms with Gasteiger partial charge < -0.3 is 9.15 Å². The molecule has 0 radical (unpaired) electrons. The molecule has 21 heavy (non-hydrogen) atoms. The maximum atomic E-state index is 12.5. The second kappa shape index (κ2) is 6.76. The first kappa shape index (κ1) is 14.9. The number of Topliss-reactive ketones (excluding diaryl/α,β-unsaturated/α-hetero) is 1. The molecule has 0 aliphatic carbocycles. The molecule has 0 saturated heterocycles. The normalized spacial score (nSPS) is 11.7. The van der Waals surface area contributed by atoms with Gasteiger partial charge in [-0.25, -0.2) is 0 Å². The summed E-state index contributed by atoms with van der Waals surface area (Å²) >= 11 is 0. The fraction of sp³-hybridized carbons (Fsp3) is 0.294. The summed E-state index contributed by atoms with van der Waals surface area (Å²) in [7, 11) is 0. The maximum Gasteiger partial charge on any atom is 0.187 e. The molecule has 2 rings (SSSR count). The first-order valence-corrected chi connectivity index (χ1v) is 6.94. The Morgan fingerprint density at radius 2 is 2.00 bits per heavy atom. The first-order chi connectivity index (χ1) is 10.2. The molecule has 0 aliphatic heterocycles. The van der Waals surface area contributed by atoms with Crippen LogP contribution in [0, 0.1) is 11.3 Å². The number of furan rings is 1. The number of aryl methyl sites for hydroxylation is 1. The van der Waals surface area contributed by atoms with Crippen molar-refractivity contribution in [2.75, 3.05) is 6.61 Å². The lowest BCUT2D eigenvalue weighted by Gasteiger charge is -2.09. The third kappa shape index (κ3) is 3.14. The van der Waals surface area contributed by atoms with Crippen molar-refractivity contribution >= 4 is 5.78 Å². The third-order valence-corrected chi connectivity index (χ3v) is 3.25. The van der Waals surface area contributed by atoms with E-state index in [2.05, 4.69) is 6.07 Å². The van der Waals surface area contributed by atoms with Crippen LogP contribution in [0.25, 0.3) is 0 Å². The highest BCUT2D eigenvalue weighted by Crippen LogP contribution is 2.25. The van der Waals surface area contributed by atoms with Crippen molar-refractivity contribution < 1.29 is 13.9 Å². The zero-order valence-electron chi connectivity index (χ0n) is 12.1. The third-order valence-electron chi connectivity index (χ3n) is 3.25. The van der Waals surface area contributed by atoms with Gasteiger partial charge in [0.2, 0.25) is 0 Å². The Morgan fingerprint density at radius 3 is 2.57 bits per heavy atom. The summed E-state index contributed by atoms with van der Waals surface area (Å²) < 4.78 is 10.6. The number of nitriles is 1. The van der Waals surface area contributed by atoms with Crippen LogP contribution in [0.5, 0.6) is 5.75 Å². The summed E-state index contributed by atoms with van der Waals surface area (Å²) in [6.45, 7) is 4.39. The molecule has 0 bridgehead atoms. The topological polar surface area (TPSA) is 63.2 Å². The highest BCUT2D eigenvalue weighted by atomic mass is 16.5. The Labute approximate surface area is 124 Å². The smallest absolute Gasteiger partial charge is 0.187 e. The van der Waals surface area contributed by atoms with E-state index in [0.29, 0.717) is 29.9 Å². The summed E-state index contributed by atoms with van der Waals surface area (Å²) in [5.41, 5.74) is 1.15. The van der Waals surface area contributed by atoms with Crippen LogP contribution in [0.4, 0.5) is 0 Å². The minimum absolute atomic E-state index is 0.229. The van der Waals surface area contributed by atoms with E-state index in [-0.39, 0.29) is 5.78 Å². The van der Waals surface area contributed by atoms with E-state index in [4.69, 9.17) is 9.15 Å². The molecule has 108 valence electrons. The number of ether oxygens (including phenoxy) is 1. The van der Waals surface area contributed by atoms with Crippen LogP contribution in [0.3, 0.4) is 0 Å². The van der Waals surface area contributed by atoms with Crippen LogP contribution in [-0.4, -0.2) is 12.4 Å². The van der Waals surface area contributed by atoms with Gasteiger partial charge in [0.15, 0.2) is 5.78 Å². The van der Waals surface area contributed by atoms with Gasteiger partial charge >= 0.3 is 0 Å². The zero-order valence-corrected chi connectivity index (χ0v) is 12.1. The SMILES string of the molecule is CCOc1ccc(C(C#N)C(=O)c2ccoc2CC)cc1. The van der Waals surface area contributed by atoms with E-state index in [0.717, 1.165) is 5.75 Å². The van der Waals surface area contributed by atoms with Crippen LogP contribution < -0.4 is 4.74 Å². The number of carbonyl (C=O) groups is 1. The lowest BCUT2D eigenvalue weighted by molar-refractivity contribution is 0.0977. The second-order valence-corrected chi connectivity index (χ2v) is 4.54.